The van der Waals surface area contributed by atoms with Crippen LogP contribution in [-0.2, 0) is 17.9 Å². The average Bonchev–Trinajstić information content (AvgIpc) is 3.04. The van der Waals surface area contributed by atoms with Crippen LogP contribution in [0.25, 0.3) is 0 Å². The van der Waals surface area contributed by atoms with Crippen molar-refractivity contribution in [2.75, 3.05) is 5.75 Å². The fraction of sp³-hybridized carbons (Fsp3) is 0.750. The molecule has 0 aliphatic heterocycles. The summed E-state index contributed by atoms with van der Waals surface area (Å²) >= 11 is 1.42. The summed E-state index contributed by atoms with van der Waals surface area (Å²) in [6.07, 6.45) is 4.67. The minimum atomic E-state index is 0.0804. The number of carbonyl (C=O) groups excluding carboxylic acids is 1. The highest BCUT2D eigenvalue weighted by Gasteiger charge is 2.18. The number of nitrogens with zero attached hydrogens (tertiary/aromatic N) is 3. The summed E-state index contributed by atoms with van der Waals surface area (Å²) in [6.45, 7) is 3.16. The van der Waals surface area contributed by atoms with Gasteiger partial charge in [0.1, 0.15) is 5.82 Å². The Hall–Kier alpha value is -1.08. The monoisotopic (exact) mass is 283 g/mol. The summed E-state index contributed by atoms with van der Waals surface area (Å²) in [5.74, 6) is 1.23. The maximum Gasteiger partial charge on any atom is 0.230 e. The molecule has 1 aliphatic rings. The Morgan fingerprint density at radius 3 is 2.84 bits per heavy atom. The summed E-state index contributed by atoms with van der Waals surface area (Å²) in [5.41, 5.74) is 5.59. The third-order valence-corrected chi connectivity index (χ3v) is 4.31. The fourth-order valence-electron chi connectivity index (χ4n) is 2.36. The molecule has 0 saturated heterocycles. The average molecular weight is 283 g/mol. The Bertz CT molecular complexity index is 428. The van der Waals surface area contributed by atoms with Crippen molar-refractivity contribution in [1.82, 2.24) is 20.1 Å². The number of rotatable bonds is 6. The van der Waals surface area contributed by atoms with Gasteiger partial charge >= 0.3 is 0 Å². The minimum Gasteiger partial charge on any atom is -0.353 e. The molecule has 0 radical (unpaired) electrons. The fourth-order valence-corrected chi connectivity index (χ4v) is 3.20. The summed E-state index contributed by atoms with van der Waals surface area (Å²) in [7, 11) is 0. The molecule has 3 N–H and O–H groups in total. The number of hydrogen-bond donors (Lipinski definition) is 2. The van der Waals surface area contributed by atoms with E-state index in [9.17, 15) is 4.79 Å². The number of hydrogen-bond acceptors (Lipinski definition) is 5. The van der Waals surface area contributed by atoms with Crippen molar-refractivity contribution in [3.63, 3.8) is 0 Å². The van der Waals surface area contributed by atoms with E-state index in [4.69, 9.17) is 5.73 Å². The lowest BCUT2D eigenvalue weighted by molar-refractivity contribution is -0.119. The zero-order chi connectivity index (χ0) is 13.7. The molecule has 0 spiro atoms. The Morgan fingerprint density at radius 1 is 1.47 bits per heavy atom. The first-order valence-electron chi connectivity index (χ1n) is 6.79. The van der Waals surface area contributed by atoms with Crippen LogP contribution in [-0.4, -0.2) is 32.5 Å². The molecule has 0 bridgehead atoms. The standard InChI is InChI=1S/C12H21N5OS/c1-2-17-10(7-13)15-16-12(17)19-8-11(18)14-9-5-3-4-6-9/h9H,2-8,13H2,1H3,(H,14,18). The van der Waals surface area contributed by atoms with Crippen molar-refractivity contribution >= 4 is 17.7 Å². The molecule has 1 fully saturated rings. The van der Waals surface area contributed by atoms with Crippen LogP contribution in [0.4, 0.5) is 0 Å². The van der Waals surface area contributed by atoms with Gasteiger partial charge in [-0.3, -0.25) is 4.79 Å². The first kappa shape index (κ1) is 14.3. The van der Waals surface area contributed by atoms with E-state index in [0.717, 1.165) is 30.4 Å². The molecule has 6 nitrogen and oxygen atoms in total. The second kappa shape index (κ2) is 6.91. The zero-order valence-electron chi connectivity index (χ0n) is 11.3. The van der Waals surface area contributed by atoms with Gasteiger partial charge in [0.15, 0.2) is 5.16 Å². The number of amides is 1. The van der Waals surface area contributed by atoms with Crippen LogP contribution in [0.3, 0.4) is 0 Å². The largest absolute Gasteiger partial charge is 0.353 e. The van der Waals surface area contributed by atoms with E-state index in [2.05, 4.69) is 15.5 Å². The van der Waals surface area contributed by atoms with E-state index in [1.165, 1.54) is 24.6 Å². The Labute approximate surface area is 117 Å². The number of thioether (sulfide) groups is 1. The molecule has 0 atom stereocenters. The van der Waals surface area contributed by atoms with Gasteiger partial charge in [-0.05, 0) is 19.8 Å². The predicted molar refractivity (Wildman–Crippen MR) is 74.7 cm³/mol. The predicted octanol–water partition coefficient (Wildman–Crippen LogP) is 0.908. The molecule has 7 heteroatoms. The Balaban J connectivity index is 1.84. The molecule has 2 rings (SSSR count). The van der Waals surface area contributed by atoms with E-state index in [1.54, 1.807) is 0 Å². The van der Waals surface area contributed by atoms with Crippen LogP contribution in [0.5, 0.6) is 0 Å². The molecule has 1 aromatic heterocycles. The first-order valence-corrected chi connectivity index (χ1v) is 7.77. The summed E-state index contributed by atoms with van der Waals surface area (Å²) in [4.78, 5) is 11.8. The van der Waals surface area contributed by atoms with Gasteiger partial charge < -0.3 is 15.6 Å². The lowest BCUT2D eigenvalue weighted by atomic mass is 10.2. The van der Waals surface area contributed by atoms with Crippen LogP contribution in [0.15, 0.2) is 5.16 Å². The van der Waals surface area contributed by atoms with Gasteiger partial charge in [0.05, 0.1) is 12.3 Å². The van der Waals surface area contributed by atoms with Gasteiger partial charge in [-0.15, -0.1) is 10.2 Å². The molecule has 1 aliphatic carbocycles. The first-order chi connectivity index (χ1) is 9.24. The van der Waals surface area contributed by atoms with Crippen molar-refractivity contribution in [3.05, 3.63) is 5.82 Å². The zero-order valence-corrected chi connectivity index (χ0v) is 12.1. The van der Waals surface area contributed by atoms with Gasteiger partial charge in [0.2, 0.25) is 5.91 Å². The van der Waals surface area contributed by atoms with Gasteiger partial charge in [-0.25, -0.2) is 0 Å². The Morgan fingerprint density at radius 2 is 2.21 bits per heavy atom. The third-order valence-electron chi connectivity index (χ3n) is 3.34. The molecule has 0 aromatic carbocycles. The lowest BCUT2D eigenvalue weighted by Gasteiger charge is -2.11. The normalized spacial score (nSPS) is 15.9. The molecule has 106 valence electrons. The van der Waals surface area contributed by atoms with Crippen molar-refractivity contribution < 1.29 is 4.79 Å². The smallest absolute Gasteiger partial charge is 0.230 e. The van der Waals surface area contributed by atoms with Crippen LogP contribution in [0.2, 0.25) is 0 Å². The highest BCUT2D eigenvalue weighted by atomic mass is 32.2. The molecule has 1 heterocycles. The van der Waals surface area contributed by atoms with Crippen molar-refractivity contribution in [3.8, 4) is 0 Å². The number of aromatic nitrogens is 3. The Kier molecular flexibility index (Phi) is 5.21. The molecule has 1 amide bonds. The summed E-state index contributed by atoms with van der Waals surface area (Å²) in [5, 5.41) is 11.9. The third kappa shape index (κ3) is 3.70. The van der Waals surface area contributed by atoms with E-state index >= 15 is 0 Å². The van der Waals surface area contributed by atoms with E-state index in [1.807, 2.05) is 11.5 Å². The molecular weight excluding hydrogens is 262 g/mol. The molecule has 1 aromatic rings. The number of nitrogens with two attached hydrogens (primary N) is 1. The molecule has 19 heavy (non-hydrogen) atoms. The molecule has 1 saturated carbocycles. The van der Waals surface area contributed by atoms with Crippen LogP contribution < -0.4 is 11.1 Å². The number of carbonyl (C=O) groups is 1. The van der Waals surface area contributed by atoms with Gasteiger partial charge in [-0.2, -0.15) is 0 Å². The molecular formula is C12H21N5OS. The van der Waals surface area contributed by atoms with Crippen LogP contribution in [0.1, 0.15) is 38.4 Å². The van der Waals surface area contributed by atoms with Crippen molar-refractivity contribution in [2.45, 2.75) is 56.9 Å². The van der Waals surface area contributed by atoms with E-state index in [0.29, 0.717) is 18.3 Å². The highest BCUT2D eigenvalue weighted by Crippen LogP contribution is 2.19. The van der Waals surface area contributed by atoms with Crippen LogP contribution in [0, 0.1) is 0 Å². The van der Waals surface area contributed by atoms with Crippen molar-refractivity contribution in [1.29, 1.82) is 0 Å². The molecule has 0 unspecified atom stereocenters. The van der Waals surface area contributed by atoms with Gasteiger partial charge in [-0.1, -0.05) is 24.6 Å². The lowest BCUT2D eigenvalue weighted by Crippen LogP contribution is -2.33. The summed E-state index contributed by atoms with van der Waals surface area (Å²) in [6, 6.07) is 0.372. The van der Waals surface area contributed by atoms with E-state index < -0.39 is 0 Å². The summed E-state index contributed by atoms with van der Waals surface area (Å²) < 4.78 is 1.95. The maximum atomic E-state index is 11.8. The second-order valence-electron chi connectivity index (χ2n) is 4.68. The maximum absolute atomic E-state index is 11.8. The van der Waals surface area contributed by atoms with Crippen LogP contribution >= 0.6 is 11.8 Å². The minimum absolute atomic E-state index is 0.0804. The van der Waals surface area contributed by atoms with Gasteiger partial charge in [0, 0.05) is 12.6 Å². The topological polar surface area (TPSA) is 85.8 Å². The van der Waals surface area contributed by atoms with Crippen molar-refractivity contribution in [2.24, 2.45) is 5.73 Å². The highest BCUT2D eigenvalue weighted by molar-refractivity contribution is 7.99. The van der Waals surface area contributed by atoms with E-state index in [-0.39, 0.29) is 5.91 Å². The SMILES string of the molecule is CCn1c(CN)nnc1SCC(=O)NC1CCCC1. The second-order valence-corrected chi connectivity index (χ2v) is 5.63. The number of nitrogens with one attached hydrogen (secondary N) is 1. The van der Waals surface area contributed by atoms with Gasteiger partial charge in [0.25, 0.3) is 0 Å². The quantitative estimate of drug-likeness (QED) is 0.758.